The van der Waals surface area contributed by atoms with Crippen LogP contribution < -0.4 is 5.32 Å². The minimum Gasteiger partial charge on any atom is -0.378 e. The number of alkyl halides is 3. The van der Waals surface area contributed by atoms with Crippen molar-refractivity contribution >= 4 is 5.69 Å². The van der Waals surface area contributed by atoms with Crippen molar-refractivity contribution in [2.24, 2.45) is 0 Å². The number of halogens is 4. The van der Waals surface area contributed by atoms with Crippen molar-refractivity contribution in [2.75, 3.05) is 5.32 Å². The molecule has 0 bridgehead atoms. The lowest BCUT2D eigenvalue weighted by Crippen LogP contribution is -2.13. The molecule has 2 aromatic carbocycles. The molecule has 0 aliphatic carbocycles. The van der Waals surface area contributed by atoms with E-state index in [0.717, 1.165) is 12.1 Å². The third kappa shape index (κ3) is 3.87. The Morgan fingerprint density at radius 2 is 1.82 bits per heavy atom. The summed E-state index contributed by atoms with van der Waals surface area (Å²) in [5, 5.41) is 2.94. The second kappa shape index (κ2) is 6.64. The zero-order chi connectivity index (χ0) is 16.2. The van der Waals surface area contributed by atoms with Crippen molar-refractivity contribution < 1.29 is 17.6 Å². The van der Waals surface area contributed by atoms with Crippen LogP contribution in [0.25, 0.3) is 0 Å². The lowest BCUT2D eigenvalue weighted by molar-refractivity contribution is -0.137. The molecular weight excluding hydrogens is 294 g/mol. The van der Waals surface area contributed by atoms with E-state index in [9.17, 15) is 17.6 Å². The van der Waals surface area contributed by atoms with Crippen LogP contribution in [0.1, 0.15) is 23.6 Å². The van der Waals surface area contributed by atoms with Gasteiger partial charge in [0, 0.05) is 11.3 Å². The molecule has 0 radical (unpaired) electrons. The number of rotatable bonds is 5. The fraction of sp³-hybridized carbons (Fsp3) is 0.176. The zero-order valence-electron chi connectivity index (χ0n) is 11.7. The van der Waals surface area contributed by atoms with Crippen LogP contribution in [-0.4, -0.2) is 0 Å². The van der Waals surface area contributed by atoms with Crippen molar-refractivity contribution in [3.8, 4) is 0 Å². The first-order valence-electron chi connectivity index (χ1n) is 6.71. The summed E-state index contributed by atoms with van der Waals surface area (Å²) in [6.45, 7) is 3.61. The normalized spacial score (nSPS) is 12.7. The molecule has 1 atom stereocenters. The first kappa shape index (κ1) is 16.1. The fourth-order valence-corrected chi connectivity index (χ4v) is 2.17. The van der Waals surface area contributed by atoms with Gasteiger partial charge in [0.15, 0.2) is 0 Å². The summed E-state index contributed by atoms with van der Waals surface area (Å²) in [5.41, 5.74) is -0.0758. The average Bonchev–Trinajstić information content (AvgIpc) is 2.47. The Balaban J connectivity index is 2.29. The van der Waals surface area contributed by atoms with Gasteiger partial charge in [-0.15, -0.1) is 6.58 Å². The molecule has 2 aromatic rings. The van der Waals surface area contributed by atoms with Crippen molar-refractivity contribution in [2.45, 2.75) is 18.6 Å². The molecule has 1 nitrogen and oxygen atoms in total. The minimum atomic E-state index is -4.41. The molecule has 0 aliphatic heterocycles. The van der Waals surface area contributed by atoms with Crippen molar-refractivity contribution in [1.29, 1.82) is 0 Å². The topological polar surface area (TPSA) is 12.0 Å². The van der Waals surface area contributed by atoms with E-state index in [1.54, 1.807) is 24.3 Å². The molecule has 116 valence electrons. The van der Waals surface area contributed by atoms with Gasteiger partial charge in [-0.3, -0.25) is 0 Å². The van der Waals surface area contributed by atoms with Gasteiger partial charge in [0.1, 0.15) is 5.82 Å². The maximum atomic E-state index is 13.9. The molecule has 0 aliphatic rings. The first-order valence-corrected chi connectivity index (χ1v) is 6.71. The first-order chi connectivity index (χ1) is 10.4. The van der Waals surface area contributed by atoms with Crippen LogP contribution >= 0.6 is 0 Å². The van der Waals surface area contributed by atoms with Crippen molar-refractivity contribution in [3.05, 3.63) is 78.1 Å². The van der Waals surface area contributed by atoms with Gasteiger partial charge in [0.25, 0.3) is 0 Å². The van der Waals surface area contributed by atoms with Crippen molar-refractivity contribution in [1.82, 2.24) is 0 Å². The zero-order valence-corrected chi connectivity index (χ0v) is 11.7. The smallest absolute Gasteiger partial charge is 0.378 e. The van der Waals surface area contributed by atoms with Gasteiger partial charge in [0.2, 0.25) is 0 Å². The number of nitrogens with one attached hydrogen (secondary N) is 1. The van der Waals surface area contributed by atoms with Crippen LogP contribution in [0.5, 0.6) is 0 Å². The van der Waals surface area contributed by atoms with Gasteiger partial charge in [0.05, 0.1) is 11.6 Å². The molecule has 0 heterocycles. The highest BCUT2D eigenvalue weighted by Crippen LogP contribution is 2.32. The quantitative estimate of drug-likeness (QED) is 0.562. The largest absolute Gasteiger partial charge is 0.416 e. The SMILES string of the molecule is C=CCC(Nc1cccc(C(F)(F)F)c1)c1ccccc1F. The second-order valence-electron chi connectivity index (χ2n) is 4.82. The van der Waals surface area contributed by atoms with Crippen LogP contribution in [0.2, 0.25) is 0 Å². The Hall–Kier alpha value is -2.30. The number of hydrogen-bond acceptors (Lipinski definition) is 1. The third-order valence-corrected chi connectivity index (χ3v) is 3.21. The maximum Gasteiger partial charge on any atom is 0.416 e. The molecule has 5 heteroatoms. The molecule has 0 aromatic heterocycles. The summed E-state index contributed by atoms with van der Waals surface area (Å²) >= 11 is 0. The summed E-state index contributed by atoms with van der Waals surface area (Å²) < 4.78 is 52.1. The van der Waals surface area contributed by atoms with E-state index in [1.807, 2.05) is 0 Å². The molecule has 22 heavy (non-hydrogen) atoms. The highest BCUT2D eigenvalue weighted by molar-refractivity contribution is 5.48. The summed E-state index contributed by atoms with van der Waals surface area (Å²) in [6.07, 6.45) is -2.43. The highest BCUT2D eigenvalue weighted by Gasteiger charge is 2.30. The molecule has 0 spiro atoms. The lowest BCUT2D eigenvalue weighted by atomic mass is 10.0. The Kier molecular flexibility index (Phi) is 4.85. The Morgan fingerprint density at radius 1 is 1.09 bits per heavy atom. The maximum absolute atomic E-state index is 13.9. The highest BCUT2D eigenvalue weighted by atomic mass is 19.4. The van der Waals surface area contributed by atoms with Crippen LogP contribution in [0, 0.1) is 5.82 Å². The molecule has 2 rings (SSSR count). The van der Waals surface area contributed by atoms with E-state index in [-0.39, 0.29) is 5.69 Å². The van der Waals surface area contributed by atoms with Gasteiger partial charge >= 0.3 is 6.18 Å². The summed E-state index contributed by atoms with van der Waals surface area (Å²) in [6, 6.07) is 10.5. The molecule has 0 fully saturated rings. The standard InChI is InChI=1S/C17H15F4N/c1-2-6-16(14-9-3-4-10-15(14)18)22-13-8-5-7-12(11-13)17(19,20)21/h2-5,7-11,16,22H,1,6H2. The minimum absolute atomic E-state index is 0.282. The van der Waals surface area contributed by atoms with E-state index in [2.05, 4.69) is 11.9 Å². The Labute approximate surface area is 126 Å². The van der Waals surface area contributed by atoms with Crippen LogP contribution in [0.15, 0.2) is 61.2 Å². The van der Waals surface area contributed by atoms with Crippen molar-refractivity contribution in [3.63, 3.8) is 0 Å². The van der Waals surface area contributed by atoms with Gasteiger partial charge in [-0.1, -0.05) is 30.3 Å². The van der Waals surface area contributed by atoms with Crippen LogP contribution in [0.3, 0.4) is 0 Å². The van der Waals surface area contributed by atoms with E-state index >= 15 is 0 Å². The monoisotopic (exact) mass is 309 g/mol. The molecule has 0 amide bonds. The van der Waals surface area contributed by atoms with E-state index in [4.69, 9.17) is 0 Å². The Morgan fingerprint density at radius 3 is 2.45 bits per heavy atom. The van der Waals surface area contributed by atoms with Crippen LogP contribution in [0.4, 0.5) is 23.2 Å². The van der Waals surface area contributed by atoms with Crippen LogP contribution in [-0.2, 0) is 6.18 Å². The van der Waals surface area contributed by atoms with Gasteiger partial charge in [-0.05, 0) is 30.7 Å². The van der Waals surface area contributed by atoms with Gasteiger partial charge in [-0.25, -0.2) is 4.39 Å². The molecule has 0 saturated heterocycles. The number of hydrogen-bond donors (Lipinski definition) is 1. The number of benzene rings is 2. The third-order valence-electron chi connectivity index (χ3n) is 3.21. The fourth-order valence-electron chi connectivity index (χ4n) is 2.17. The average molecular weight is 309 g/mol. The molecular formula is C17H15F4N. The van der Waals surface area contributed by atoms with Gasteiger partial charge in [-0.2, -0.15) is 13.2 Å². The number of anilines is 1. The predicted molar refractivity (Wildman–Crippen MR) is 79.0 cm³/mol. The van der Waals surface area contributed by atoms with E-state index in [0.29, 0.717) is 12.0 Å². The lowest BCUT2D eigenvalue weighted by Gasteiger charge is -2.20. The summed E-state index contributed by atoms with van der Waals surface area (Å²) in [7, 11) is 0. The molecule has 0 saturated carbocycles. The second-order valence-corrected chi connectivity index (χ2v) is 4.82. The summed E-state index contributed by atoms with van der Waals surface area (Å²) in [4.78, 5) is 0. The van der Waals surface area contributed by atoms with E-state index in [1.165, 1.54) is 18.2 Å². The predicted octanol–water partition coefficient (Wildman–Crippen LogP) is 5.57. The molecule has 1 unspecified atom stereocenters. The molecule has 1 N–H and O–H groups in total. The Bertz CT molecular complexity index is 649. The summed E-state index contributed by atoms with van der Waals surface area (Å²) in [5.74, 6) is -0.408. The van der Waals surface area contributed by atoms with E-state index < -0.39 is 23.6 Å². The van der Waals surface area contributed by atoms with Gasteiger partial charge < -0.3 is 5.32 Å².